The van der Waals surface area contributed by atoms with Gasteiger partial charge in [-0.25, -0.2) is 18.2 Å². The van der Waals surface area contributed by atoms with Gasteiger partial charge in [-0.05, 0) is 12.1 Å². The van der Waals surface area contributed by atoms with Crippen molar-refractivity contribution in [2.24, 2.45) is 0 Å². The number of halogens is 3. The van der Waals surface area contributed by atoms with Crippen molar-refractivity contribution in [3.8, 4) is 6.07 Å². The van der Waals surface area contributed by atoms with E-state index in [1.165, 1.54) is 18.3 Å². The van der Waals surface area contributed by atoms with Crippen molar-refractivity contribution in [3.05, 3.63) is 24.0 Å². The molecule has 120 valence electrons. The van der Waals surface area contributed by atoms with Gasteiger partial charge in [-0.15, -0.1) is 0 Å². The van der Waals surface area contributed by atoms with Gasteiger partial charge >= 0.3 is 12.1 Å². The first kappa shape index (κ1) is 17.9. The fraction of sp³-hybridized carbons (Fsp3) is 0.364. The van der Waals surface area contributed by atoms with E-state index in [1.807, 2.05) is 6.07 Å². The maximum absolute atomic E-state index is 11.9. The van der Waals surface area contributed by atoms with Crippen molar-refractivity contribution in [2.45, 2.75) is 16.3 Å². The van der Waals surface area contributed by atoms with Crippen LogP contribution in [0.25, 0.3) is 0 Å². The molecule has 1 aromatic heterocycles. The van der Waals surface area contributed by atoms with Crippen LogP contribution in [0.1, 0.15) is 5.69 Å². The van der Waals surface area contributed by atoms with E-state index in [-0.39, 0.29) is 15.8 Å². The van der Waals surface area contributed by atoms with Crippen LogP contribution in [0, 0.1) is 11.3 Å². The van der Waals surface area contributed by atoms with Crippen molar-refractivity contribution in [2.75, 3.05) is 13.1 Å². The van der Waals surface area contributed by atoms with Crippen LogP contribution in [-0.2, 0) is 14.6 Å². The first-order valence-corrected chi connectivity index (χ1v) is 7.24. The third-order valence-corrected chi connectivity index (χ3v) is 4.71. The summed E-state index contributed by atoms with van der Waals surface area (Å²) in [6.07, 6.45) is -3.84. The lowest BCUT2D eigenvalue weighted by molar-refractivity contribution is -0.192. The van der Waals surface area contributed by atoms with Crippen molar-refractivity contribution < 1.29 is 31.5 Å². The van der Waals surface area contributed by atoms with E-state index >= 15 is 0 Å². The number of hydrogen-bond donors (Lipinski definition) is 2. The molecule has 0 unspecified atom stereocenters. The number of carboxylic acids is 1. The molecule has 2 N–H and O–H groups in total. The molecular formula is C11H10F3N3O4S. The fourth-order valence-electron chi connectivity index (χ4n) is 1.29. The van der Waals surface area contributed by atoms with Crippen LogP contribution in [0.15, 0.2) is 23.2 Å². The largest absolute Gasteiger partial charge is 0.490 e. The van der Waals surface area contributed by atoms with Crippen molar-refractivity contribution >= 4 is 15.8 Å². The molecule has 1 aliphatic rings. The van der Waals surface area contributed by atoms with Crippen LogP contribution < -0.4 is 5.32 Å². The summed E-state index contributed by atoms with van der Waals surface area (Å²) in [4.78, 5) is 12.8. The predicted octanol–water partition coefficient (Wildman–Crippen LogP) is 0.332. The summed E-state index contributed by atoms with van der Waals surface area (Å²) in [5, 5.41) is 18.2. The van der Waals surface area contributed by atoms with E-state index in [2.05, 4.69) is 10.3 Å². The van der Waals surface area contributed by atoms with Crippen molar-refractivity contribution in [3.63, 3.8) is 0 Å². The third-order valence-electron chi connectivity index (χ3n) is 2.60. The standard InChI is InChI=1S/C9H9N3O2S.C2HF3O2/c10-3-7-1-2-8(6-12-7)15(13,14)9-4-11-5-9;3-2(4,5)1(6)7/h1-2,6,9,11H,4-5H2;(H,6,7). The number of nitriles is 1. The van der Waals surface area contributed by atoms with E-state index in [9.17, 15) is 21.6 Å². The van der Waals surface area contributed by atoms with Crippen LogP contribution in [0.2, 0.25) is 0 Å². The summed E-state index contributed by atoms with van der Waals surface area (Å²) in [5.41, 5.74) is 0.223. The summed E-state index contributed by atoms with van der Waals surface area (Å²) in [6.45, 7) is 0.977. The van der Waals surface area contributed by atoms with Gasteiger partial charge in [-0.3, -0.25) is 0 Å². The molecule has 0 spiro atoms. The lowest BCUT2D eigenvalue weighted by atomic mass is 10.3. The molecule has 1 fully saturated rings. The number of aromatic nitrogens is 1. The number of aliphatic carboxylic acids is 1. The van der Waals surface area contributed by atoms with Crippen LogP contribution in [-0.4, -0.2) is 49.0 Å². The summed E-state index contributed by atoms with van der Waals surface area (Å²) in [7, 11) is -3.26. The summed E-state index contributed by atoms with van der Waals surface area (Å²) < 4.78 is 55.4. The Balaban J connectivity index is 0.000000295. The van der Waals surface area contributed by atoms with E-state index in [0.29, 0.717) is 13.1 Å². The molecular weight excluding hydrogens is 327 g/mol. The van der Waals surface area contributed by atoms with Gasteiger partial charge in [0.2, 0.25) is 0 Å². The Morgan fingerprint density at radius 3 is 2.23 bits per heavy atom. The van der Waals surface area contributed by atoms with Gasteiger partial charge in [-0.1, -0.05) is 0 Å². The van der Waals surface area contributed by atoms with Crippen molar-refractivity contribution in [1.82, 2.24) is 10.3 Å². The Hall–Kier alpha value is -2.19. The van der Waals surface area contributed by atoms with Gasteiger partial charge in [0.1, 0.15) is 11.8 Å². The van der Waals surface area contributed by atoms with Crippen LogP contribution in [0.3, 0.4) is 0 Å². The molecule has 2 heterocycles. The summed E-state index contributed by atoms with van der Waals surface area (Å²) >= 11 is 0. The van der Waals surface area contributed by atoms with Crippen LogP contribution in [0.4, 0.5) is 13.2 Å². The van der Waals surface area contributed by atoms with Gasteiger partial charge in [0.25, 0.3) is 0 Å². The van der Waals surface area contributed by atoms with Gasteiger partial charge in [0, 0.05) is 19.3 Å². The minimum atomic E-state index is -5.08. The number of rotatable bonds is 2. The highest BCUT2D eigenvalue weighted by Gasteiger charge is 2.38. The van der Waals surface area contributed by atoms with Crippen LogP contribution >= 0.6 is 0 Å². The predicted molar refractivity (Wildman–Crippen MR) is 66.5 cm³/mol. The lowest BCUT2D eigenvalue weighted by Crippen LogP contribution is -2.51. The number of carbonyl (C=O) groups is 1. The van der Waals surface area contributed by atoms with Crippen LogP contribution in [0.5, 0.6) is 0 Å². The second kappa shape index (κ2) is 6.71. The second-order valence-electron chi connectivity index (χ2n) is 4.12. The Labute approximate surface area is 123 Å². The number of nitrogens with zero attached hydrogens (tertiary/aromatic N) is 2. The second-order valence-corrected chi connectivity index (χ2v) is 6.35. The Morgan fingerprint density at radius 2 is 1.95 bits per heavy atom. The normalized spacial score (nSPS) is 15.0. The van der Waals surface area contributed by atoms with Gasteiger partial charge in [0.15, 0.2) is 9.84 Å². The zero-order valence-electron chi connectivity index (χ0n) is 10.8. The molecule has 0 atom stereocenters. The average Bonchev–Trinajstić information content (AvgIpc) is 2.36. The minimum Gasteiger partial charge on any atom is -0.475 e. The molecule has 1 aliphatic heterocycles. The highest BCUT2D eigenvalue weighted by atomic mass is 32.2. The summed E-state index contributed by atoms with van der Waals surface area (Å²) in [6, 6.07) is 4.69. The number of carboxylic acid groups (broad SMARTS) is 1. The van der Waals surface area contributed by atoms with E-state index in [0.717, 1.165) is 0 Å². The van der Waals surface area contributed by atoms with Gasteiger partial charge < -0.3 is 10.4 Å². The molecule has 0 bridgehead atoms. The lowest BCUT2D eigenvalue weighted by Gasteiger charge is -2.26. The van der Waals surface area contributed by atoms with Gasteiger partial charge in [0.05, 0.1) is 10.1 Å². The monoisotopic (exact) mass is 337 g/mol. The molecule has 1 saturated heterocycles. The fourth-order valence-corrected chi connectivity index (χ4v) is 2.81. The molecule has 11 heteroatoms. The number of hydrogen-bond acceptors (Lipinski definition) is 6. The maximum atomic E-state index is 11.9. The van der Waals surface area contributed by atoms with Crippen molar-refractivity contribution in [1.29, 1.82) is 5.26 Å². The Kier molecular flexibility index (Phi) is 5.45. The number of sulfone groups is 1. The molecule has 1 aromatic rings. The molecule has 0 radical (unpaired) electrons. The highest BCUT2D eigenvalue weighted by molar-refractivity contribution is 7.92. The average molecular weight is 337 g/mol. The molecule has 0 amide bonds. The number of alkyl halides is 3. The highest BCUT2D eigenvalue weighted by Crippen LogP contribution is 2.17. The minimum absolute atomic E-state index is 0.188. The number of nitrogens with one attached hydrogen (secondary N) is 1. The molecule has 0 aliphatic carbocycles. The molecule has 0 aromatic carbocycles. The molecule has 0 saturated carbocycles. The van der Waals surface area contributed by atoms with E-state index in [1.54, 1.807) is 0 Å². The quantitative estimate of drug-likeness (QED) is 0.798. The smallest absolute Gasteiger partial charge is 0.475 e. The molecule has 2 rings (SSSR count). The van der Waals surface area contributed by atoms with E-state index in [4.69, 9.17) is 15.2 Å². The van der Waals surface area contributed by atoms with Gasteiger partial charge in [-0.2, -0.15) is 18.4 Å². The Morgan fingerprint density at radius 1 is 1.41 bits per heavy atom. The SMILES string of the molecule is N#Cc1ccc(S(=O)(=O)C2CNC2)cn1.O=C(O)C(F)(F)F. The molecule has 22 heavy (non-hydrogen) atoms. The number of pyridine rings is 1. The zero-order chi connectivity index (χ0) is 17.0. The molecule has 7 nitrogen and oxygen atoms in total. The maximum Gasteiger partial charge on any atom is 0.490 e. The zero-order valence-corrected chi connectivity index (χ0v) is 11.6. The van der Waals surface area contributed by atoms with E-state index < -0.39 is 22.0 Å². The third kappa shape index (κ3) is 4.40. The first-order valence-electron chi connectivity index (χ1n) is 5.70. The topological polar surface area (TPSA) is 120 Å². The Bertz CT molecular complexity index is 676. The summed E-state index contributed by atoms with van der Waals surface area (Å²) in [5.74, 6) is -2.76. The first-order chi connectivity index (χ1) is 10.1.